The largest absolute Gasteiger partial charge is 0.349 e. The van der Waals surface area contributed by atoms with Gasteiger partial charge < -0.3 is 4.90 Å². The third kappa shape index (κ3) is 3.96. The number of amides is 1. The summed E-state index contributed by atoms with van der Waals surface area (Å²) in [4.78, 5) is 14.4. The molecule has 0 saturated carbocycles. The molecule has 0 aliphatic carbocycles. The van der Waals surface area contributed by atoms with Gasteiger partial charge in [0.2, 0.25) is 0 Å². The molecule has 0 radical (unpaired) electrons. The van der Waals surface area contributed by atoms with Crippen molar-refractivity contribution in [3.63, 3.8) is 0 Å². The monoisotopic (exact) mass is 324 g/mol. The molecule has 0 aromatic heterocycles. The van der Waals surface area contributed by atoms with E-state index in [1.807, 2.05) is 42.5 Å². The molecule has 1 saturated heterocycles. The van der Waals surface area contributed by atoms with Crippen molar-refractivity contribution in [3.05, 3.63) is 60.2 Å². The molecular weight excluding hydrogens is 304 g/mol. The summed E-state index contributed by atoms with van der Waals surface area (Å²) < 4.78 is 0. The Hall–Kier alpha value is -2.20. The van der Waals surface area contributed by atoms with Gasteiger partial charge in [0.05, 0.1) is 0 Å². The zero-order valence-corrected chi connectivity index (χ0v) is 13.8. The predicted octanol–water partition coefficient (Wildman–Crippen LogP) is 3.85. The van der Waals surface area contributed by atoms with Crippen molar-refractivity contribution in [2.75, 3.05) is 13.1 Å². The molecule has 23 heavy (non-hydrogen) atoms. The molecule has 0 unspecified atom stereocenters. The molecule has 2 aromatic rings. The van der Waals surface area contributed by atoms with Gasteiger partial charge in [0.25, 0.3) is 5.91 Å². The molecule has 1 fully saturated rings. The van der Waals surface area contributed by atoms with Crippen LogP contribution in [0.4, 0.5) is 0 Å². The lowest BCUT2D eigenvalue weighted by Gasteiger charge is -2.28. The molecule has 3 rings (SSSR count). The van der Waals surface area contributed by atoms with Gasteiger partial charge in [0.15, 0.2) is 5.11 Å². The van der Waals surface area contributed by atoms with Crippen LogP contribution in [0.2, 0.25) is 0 Å². The van der Waals surface area contributed by atoms with Gasteiger partial charge in [-0.3, -0.25) is 10.1 Å². The average Bonchev–Trinajstić information content (AvgIpc) is 2.63. The number of likely N-dealkylation sites (tertiary alicyclic amines) is 1. The van der Waals surface area contributed by atoms with Crippen LogP contribution in [-0.2, 0) is 0 Å². The molecule has 0 atom stereocenters. The maximum absolute atomic E-state index is 12.3. The van der Waals surface area contributed by atoms with Gasteiger partial charge in [-0.1, -0.05) is 42.5 Å². The fraction of sp³-hybridized carbons (Fsp3) is 0.263. The van der Waals surface area contributed by atoms with Crippen LogP contribution in [0.1, 0.15) is 29.6 Å². The molecule has 0 spiro atoms. The minimum atomic E-state index is -0.139. The van der Waals surface area contributed by atoms with Crippen molar-refractivity contribution in [3.8, 4) is 11.1 Å². The van der Waals surface area contributed by atoms with Gasteiger partial charge in [0, 0.05) is 18.7 Å². The van der Waals surface area contributed by atoms with E-state index in [1.165, 1.54) is 6.42 Å². The highest BCUT2D eigenvalue weighted by Crippen LogP contribution is 2.19. The first kappa shape index (κ1) is 15.7. The third-order valence-electron chi connectivity index (χ3n) is 4.12. The maximum Gasteiger partial charge on any atom is 0.257 e. The van der Waals surface area contributed by atoms with Gasteiger partial charge >= 0.3 is 0 Å². The molecule has 1 N–H and O–H groups in total. The predicted molar refractivity (Wildman–Crippen MR) is 97.4 cm³/mol. The number of carbonyl (C=O) groups is 1. The van der Waals surface area contributed by atoms with E-state index in [4.69, 9.17) is 12.2 Å². The summed E-state index contributed by atoms with van der Waals surface area (Å²) in [6.45, 7) is 1.87. The molecular formula is C19H20N2OS. The second kappa shape index (κ2) is 7.38. The highest BCUT2D eigenvalue weighted by atomic mass is 32.1. The van der Waals surface area contributed by atoms with E-state index in [0.29, 0.717) is 10.7 Å². The number of carbonyl (C=O) groups excluding carboxylic acids is 1. The molecule has 0 bridgehead atoms. The Morgan fingerprint density at radius 2 is 1.48 bits per heavy atom. The topological polar surface area (TPSA) is 32.3 Å². The highest BCUT2D eigenvalue weighted by Gasteiger charge is 2.16. The van der Waals surface area contributed by atoms with E-state index in [2.05, 4.69) is 22.3 Å². The molecule has 2 aromatic carbocycles. The van der Waals surface area contributed by atoms with Crippen LogP contribution in [0, 0.1) is 0 Å². The van der Waals surface area contributed by atoms with Crippen molar-refractivity contribution < 1.29 is 4.79 Å². The minimum absolute atomic E-state index is 0.139. The van der Waals surface area contributed by atoms with Crippen molar-refractivity contribution in [1.82, 2.24) is 10.2 Å². The fourth-order valence-corrected chi connectivity index (χ4v) is 3.07. The summed E-state index contributed by atoms with van der Waals surface area (Å²) >= 11 is 5.35. The maximum atomic E-state index is 12.3. The number of nitrogens with one attached hydrogen (secondary N) is 1. The molecule has 118 valence electrons. The van der Waals surface area contributed by atoms with Crippen LogP contribution < -0.4 is 5.32 Å². The number of hydrogen-bond acceptors (Lipinski definition) is 2. The van der Waals surface area contributed by atoms with E-state index < -0.39 is 0 Å². The number of piperidine rings is 1. The van der Waals surface area contributed by atoms with Crippen LogP contribution in [0.3, 0.4) is 0 Å². The lowest BCUT2D eigenvalue weighted by Crippen LogP contribution is -2.44. The number of nitrogens with zero attached hydrogens (tertiary/aromatic N) is 1. The molecule has 1 amide bonds. The van der Waals surface area contributed by atoms with Crippen LogP contribution in [0.25, 0.3) is 11.1 Å². The van der Waals surface area contributed by atoms with Gasteiger partial charge in [-0.05, 0) is 54.7 Å². The first-order chi connectivity index (χ1) is 11.2. The minimum Gasteiger partial charge on any atom is -0.349 e. The normalized spacial score (nSPS) is 14.3. The lowest BCUT2D eigenvalue weighted by atomic mass is 10.0. The Labute approximate surface area is 142 Å². The van der Waals surface area contributed by atoms with Gasteiger partial charge in [-0.2, -0.15) is 0 Å². The van der Waals surface area contributed by atoms with Crippen LogP contribution in [0.15, 0.2) is 54.6 Å². The summed E-state index contributed by atoms with van der Waals surface area (Å²) in [5, 5.41) is 3.39. The molecule has 1 aliphatic heterocycles. The zero-order valence-electron chi connectivity index (χ0n) is 13.0. The SMILES string of the molecule is O=C(NC(=S)N1CCCCC1)c1ccc(-c2ccccc2)cc1. The van der Waals surface area contributed by atoms with Crippen LogP contribution in [0.5, 0.6) is 0 Å². The van der Waals surface area contributed by atoms with Gasteiger partial charge in [-0.15, -0.1) is 0 Å². The van der Waals surface area contributed by atoms with Crippen molar-refractivity contribution in [2.45, 2.75) is 19.3 Å². The summed E-state index contributed by atoms with van der Waals surface area (Å²) in [7, 11) is 0. The Morgan fingerprint density at radius 1 is 0.870 bits per heavy atom. The first-order valence-corrected chi connectivity index (χ1v) is 8.40. The standard InChI is InChI=1S/C19H20N2OS/c22-18(20-19(23)21-13-5-2-6-14-21)17-11-9-16(10-12-17)15-7-3-1-4-8-15/h1,3-4,7-12H,2,5-6,13-14H2,(H,20,22,23). The van der Waals surface area contributed by atoms with E-state index in [0.717, 1.165) is 37.1 Å². The lowest BCUT2D eigenvalue weighted by molar-refractivity contribution is 0.0972. The second-order valence-corrected chi connectivity index (χ2v) is 6.14. The fourth-order valence-electron chi connectivity index (χ4n) is 2.79. The average molecular weight is 324 g/mol. The van der Waals surface area contributed by atoms with Crippen LogP contribution in [-0.4, -0.2) is 29.0 Å². The Bertz CT molecular complexity index is 676. The first-order valence-electron chi connectivity index (χ1n) is 8.00. The number of thiocarbonyl (C=S) groups is 1. The quantitative estimate of drug-likeness (QED) is 0.852. The summed E-state index contributed by atoms with van der Waals surface area (Å²) in [5.41, 5.74) is 2.87. The molecule has 3 nitrogen and oxygen atoms in total. The van der Waals surface area contributed by atoms with Crippen molar-refractivity contribution in [2.24, 2.45) is 0 Å². The smallest absolute Gasteiger partial charge is 0.257 e. The molecule has 4 heteroatoms. The molecule has 1 aliphatic rings. The van der Waals surface area contributed by atoms with Crippen molar-refractivity contribution in [1.29, 1.82) is 0 Å². The van der Waals surface area contributed by atoms with Crippen molar-refractivity contribution >= 4 is 23.2 Å². The van der Waals surface area contributed by atoms with E-state index in [9.17, 15) is 4.79 Å². The highest BCUT2D eigenvalue weighted by molar-refractivity contribution is 7.80. The Balaban J connectivity index is 1.64. The number of hydrogen-bond donors (Lipinski definition) is 1. The summed E-state index contributed by atoms with van der Waals surface area (Å²) in [6, 6.07) is 17.7. The Morgan fingerprint density at radius 3 is 2.13 bits per heavy atom. The van der Waals surface area contributed by atoms with E-state index >= 15 is 0 Å². The van der Waals surface area contributed by atoms with E-state index in [1.54, 1.807) is 0 Å². The Kier molecular flexibility index (Phi) is 5.03. The zero-order chi connectivity index (χ0) is 16.1. The summed E-state index contributed by atoms with van der Waals surface area (Å²) in [5.74, 6) is -0.139. The molecule has 1 heterocycles. The van der Waals surface area contributed by atoms with Gasteiger partial charge in [-0.25, -0.2) is 0 Å². The van der Waals surface area contributed by atoms with E-state index in [-0.39, 0.29) is 5.91 Å². The third-order valence-corrected chi connectivity index (χ3v) is 4.48. The second-order valence-electron chi connectivity index (χ2n) is 5.75. The number of benzene rings is 2. The number of rotatable bonds is 2. The summed E-state index contributed by atoms with van der Waals surface area (Å²) in [6.07, 6.45) is 3.53. The van der Waals surface area contributed by atoms with Crippen LogP contribution >= 0.6 is 12.2 Å². The van der Waals surface area contributed by atoms with Gasteiger partial charge in [0.1, 0.15) is 0 Å².